The Labute approximate surface area is 434 Å². The smallest absolute Gasteiger partial charge is 0.362 e. The van der Waals surface area contributed by atoms with Crippen LogP contribution in [0.3, 0.4) is 0 Å². The second-order valence-electron chi connectivity index (χ2n) is 21.6. The zero-order chi connectivity index (χ0) is 51.3. The van der Waals surface area contributed by atoms with Crippen molar-refractivity contribution < 1.29 is 38.2 Å². The molecule has 8 nitrogen and oxygen atoms in total. The summed E-state index contributed by atoms with van der Waals surface area (Å²) in [6.07, 6.45) is 65.0. The van der Waals surface area contributed by atoms with E-state index in [0.717, 1.165) is 51.4 Å². The Morgan fingerprint density at radius 3 is 1.11 bits per heavy atom. The van der Waals surface area contributed by atoms with Crippen molar-refractivity contribution in [2.24, 2.45) is 0 Å². The van der Waals surface area contributed by atoms with Gasteiger partial charge in [0.05, 0.1) is 34.4 Å². The predicted octanol–water partition coefficient (Wildman–Crippen LogP) is 18.1. The van der Waals surface area contributed by atoms with Crippen molar-refractivity contribution in [3.63, 3.8) is 0 Å². The number of hydrogen-bond acceptors (Lipinski definition) is 6. The Balaban J connectivity index is 4.16. The zero-order valence-electron chi connectivity index (χ0n) is 47.0. The first-order valence-electron chi connectivity index (χ1n) is 30.0. The molecule has 0 spiro atoms. The van der Waals surface area contributed by atoms with E-state index in [2.05, 4.69) is 50.3 Å². The lowest BCUT2D eigenvalue weighted by Crippen LogP contribution is -2.50. The molecular weight excluding hydrogens is 871 g/mol. The number of carboxylic acids is 1. The molecule has 2 unspecified atom stereocenters. The van der Waals surface area contributed by atoms with Crippen LogP contribution in [0.1, 0.15) is 290 Å². The van der Waals surface area contributed by atoms with E-state index >= 15 is 0 Å². The number of unbranched alkanes of at least 4 members (excludes halogenated alkanes) is 35. The average molecular weight is 988 g/mol. The molecule has 0 rings (SSSR count). The third kappa shape index (κ3) is 50.5. The number of hydrogen-bond donors (Lipinski definition) is 1. The third-order valence-corrected chi connectivity index (χ3v) is 13.8. The molecule has 0 aliphatic heterocycles. The van der Waals surface area contributed by atoms with Crippen molar-refractivity contribution in [1.82, 2.24) is 0 Å². The number of rotatable bonds is 55. The van der Waals surface area contributed by atoms with Gasteiger partial charge in [-0.15, -0.1) is 0 Å². The molecule has 70 heavy (non-hydrogen) atoms. The molecule has 0 aromatic rings. The van der Waals surface area contributed by atoms with E-state index in [0.29, 0.717) is 19.3 Å². The van der Waals surface area contributed by atoms with Crippen LogP contribution in [0.4, 0.5) is 0 Å². The molecule has 0 fully saturated rings. The fraction of sp³-hybridized carbons (Fsp3) is 0.855. The quantitative estimate of drug-likeness (QED) is 0.0280. The fourth-order valence-electron chi connectivity index (χ4n) is 9.12. The summed E-state index contributed by atoms with van der Waals surface area (Å²) in [5, 5.41) is 9.68. The van der Waals surface area contributed by atoms with Gasteiger partial charge in [-0.25, -0.2) is 4.79 Å². The number of allylic oxidation sites excluding steroid dienone is 6. The molecule has 0 aromatic carbocycles. The maximum absolute atomic E-state index is 12.8. The van der Waals surface area contributed by atoms with E-state index in [4.69, 9.17) is 14.2 Å². The lowest BCUT2D eigenvalue weighted by Gasteiger charge is -2.31. The molecule has 1 N–H and O–H groups in total. The highest BCUT2D eigenvalue weighted by atomic mass is 16.6. The number of quaternary nitrogens is 1. The van der Waals surface area contributed by atoms with Gasteiger partial charge in [0.25, 0.3) is 0 Å². The van der Waals surface area contributed by atoms with Crippen molar-refractivity contribution in [1.29, 1.82) is 0 Å². The summed E-state index contributed by atoms with van der Waals surface area (Å²) in [5.41, 5.74) is 0. The van der Waals surface area contributed by atoms with Crippen LogP contribution in [0, 0.1) is 0 Å². The normalized spacial score (nSPS) is 13.0. The zero-order valence-corrected chi connectivity index (χ0v) is 47.0. The molecule has 0 radical (unpaired) electrons. The first-order valence-corrected chi connectivity index (χ1v) is 30.0. The Morgan fingerprint density at radius 1 is 0.429 bits per heavy atom. The monoisotopic (exact) mass is 987 g/mol. The average Bonchev–Trinajstić information content (AvgIpc) is 3.33. The van der Waals surface area contributed by atoms with Gasteiger partial charge in [-0.2, -0.15) is 0 Å². The number of nitrogens with zero attached hydrogens (tertiary/aromatic N) is 1. The molecule has 0 amide bonds. The number of carboxylic acid groups (broad SMARTS) is 1. The molecule has 0 aliphatic rings. The second kappa shape index (κ2) is 52.9. The highest BCUT2D eigenvalue weighted by Gasteiger charge is 2.31. The maximum atomic E-state index is 12.8. The van der Waals surface area contributed by atoms with E-state index in [-0.39, 0.29) is 36.2 Å². The molecule has 0 aliphatic carbocycles. The van der Waals surface area contributed by atoms with Crippen molar-refractivity contribution in [3.8, 4) is 0 Å². The van der Waals surface area contributed by atoms with Gasteiger partial charge in [0.1, 0.15) is 6.61 Å². The number of aliphatic carboxylic acids is 1. The van der Waals surface area contributed by atoms with Crippen molar-refractivity contribution in [3.05, 3.63) is 36.5 Å². The maximum Gasteiger partial charge on any atom is 0.362 e. The van der Waals surface area contributed by atoms with E-state index < -0.39 is 18.1 Å². The van der Waals surface area contributed by atoms with Crippen LogP contribution >= 0.6 is 0 Å². The van der Waals surface area contributed by atoms with Crippen LogP contribution in [0.15, 0.2) is 36.5 Å². The molecule has 0 heterocycles. The lowest BCUT2D eigenvalue weighted by molar-refractivity contribution is -0.887. The van der Waals surface area contributed by atoms with Gasteiger partial charge in [0.2, 0.25) is 0 Å². The molecule has 0 saturated heterocycles. The van der Waals surface area contributed by atoms with Crippen molar-refractivity contribution in [2.45, 2.75) is 302 Å². The third-order valence-electron chi connectivity index (χ3n) is 13.8. The van der Waals surface area contributed by atoms with Crippen molar-refractivity contribution in [2.75, 3.05) is 41.0 Å². The fourth-order valence-corrected chi connectivity index (χ4v) is 9.12. The van der Waals surface area contributed by atoms with E-state index in [1.54, 1.807) is 0 Å². The van der Waals surface area contributed by atoms with Crippen LogP contribution in [0.2, 0.25) is 0 Å². The number of likely N-dealkylation sites (N-methyl/N-ethyl adjacent to an activating group) is 1. The van der Waals surface area contributed by atoms with Gasteiger partial charge in [0, 0.05) is 19.3 Å². The largest absolute Gasteiger partial charge is 0.477 e. The molecular formula is C62H116NO7+. The standard InChI is InChI=1S/C62H115NO7/c1-6-8-10-12-14-16-18-20-22-24-26-28-30-32-34-36-38-40-42-44-46-48-50-52-60(64)69-57-58(56-68-55-54-59(62(66)67)63(3,4)5)70-61(65)53-51-49-47-45-43-41-39-37-35-33-31-29-27-25-23-21-19-17-15-13-11-9-7-2/h27,29,32-35,58-59H,6-26,28,30-31,36-57H2,1-5H3/p+1/b29-27+,34-32+,35-33+. The van der Waals surface area contributed by atoms with Crippen LogP contribution < -0.4 is 0 Å². The highest BCUT2D eigenvalue weighted by Crippen LogP contribution is 2.16. The molecule has 0 saturated carbocycles. The minimum atomic E-state index is -0.874. The van der Waals surface area contributed by atoms with Gasteiger partial charge < -0.3 is 23.8 Å². The van der Waals surface area contributed by atoms with Crippen LogP contribution in [-0.2, 0) is 28.6 Å². The Kier molecular flexibility index (Phi) is 51.0. The summed E-state index contributed by atoms with van der Waals surface area (Å²) in [6, 6.07) is -0.618. The summed E-state index contributed by atoms with van der Waals surface area (Å²) in [5.74, 6) is -1.47. The molecule has 8 heteroatoms. The first kappa shape index (κ1) is 67.5. The molecule has 410 valence electrons. The molecule has 2 atom stereocenters. The van der Waals surface area contributed by atoms with Gasteiger partial charge in [0.15, 0.2) is 12.1 Å². The number of esters is 2. The second-order valence-corrected chi connectivity index (χ2v) is 21.6. The Hall–Kier alpha value is -2.45. The number of ether oxygens (including phenoxy) is 3. The van der Waals surface area contributed by atoms with Gasteiger partial charge in [-0.05, 0) is 70.6 Å². The van der Waals surface area contributed by atoms with Gasteiger partial charge in [-0.3, -0.25) is 9.59 Å². The lowest BCUT2D eigenvalue weighted by atomic mass is 10.0. The summed E-state index contributed by atoms with van der Waals surface area (Å²) >= 11 is 0. The SMILES string of the molecule is CCCCCCCCCCC/C=C/C/C=C/CCCCCCCCCC(=O)OC(COCCC(C(=O)O)[N+](C)(C)C)COC(=O)CCCCCCCCC/C=C/CCCCCCCCCCCCCC. The number of carbonyl (C=O) groups is 3. The molecule has 0 bridgehead atoms. The number of carbonyl (C=O) groups excluding carboxylic acids is 2. The molecule has 0 aromatic heterocycles. The Morgan fingerprint density at radius 2 is 0.757 bits per heavy atom. The minimum absolute atomic E-state index is 0.0542. The van der Waals surface area contributed by atoms with Crippen LogP contribution in [0.25, 0.3) is 0 Å². The summed E-state index contributed by atoms with van der Waals surface area (Å²) in [7, 11) is 5.55. The topological polar surface area (TPSA) is 99.1 Å². The van der Waals surface area contributed by atoms with Crippen molar-refractivity contribution >= 4 is 17.9 Å². The van der Waals surface area contributed by atoms with E-state index in [1.165, 1.54) is 205 Å². The van der Waals surface area contributed by atoms with Crippen LogP contribution in [-0.4, -0.2) is 80.6 Å². The summed E-state index contributed by atoms with van der Waals surface area (Å²) in [6.45, 7) is 4.78. The van der Waals surface area contributed by atoms with E-state index in [1.807, 2.05) is 21.1 Å². The van der Waals surface area contributed by atoms with Gasteiger partial charge >= 0.3 is 17.9 Å². The summed E-state index contributed by atoms with van der Waals surface area (Å²) < 4.78 is 17.4. The predicted molar refractivity (Wildman–Crippen MR) is 298 cm³/mol. The first-order chi connectivity index (χ1) is 34.1. The van der Waals surface area contributed by atoms with Gasteiger partial charge in [-0.1, -0.05) is 237 Å². The summed E-state index contributed by atoms with van der Waals surface area (Å²) in [4.78, 5) is 37.3. The minimum Gasteiger partial charge on any atom is -0.477 e. The highest BCUT2D eigenvalue weighted by molar-refractivity contribution is 5.72. The van der Waals surface area contributed by atoms with Crippen LogP contribution in [0.5, 0.6) is 0 Å². The van der Waals surface area contributed by atoms with E-state index in [9.17, 15) is 19.5 Å². The Bertz CT molecular complexity index is 1240.